The molecule has 1 N–H and O–H groups in total. The van der Waals surface area contributed by atoms with Crippen molar-refractivity contribution in [1.29, 1.82) is 0 Å². The number of nitrogens with one attached hydrogen (secondary N) is 1. The summed E-state index contributed by atoms with van der Waals surface area (Å²) in [5, 5.41) is 3.08. The molecule has 16 heavy (non-hydrogen) atoms. The average molecular weight is 217 g/mol. The smallest absolute Gasteiger partial charge is 0.227 e. The Bertz CT molecular complexity index is 405. The van der Waals surface area contributed by atoms with E-state index >= 15 is 0 Å². The Kier molecular flexibility index (Phi) is 2.99. The highest BCUT2D eigenvalue weighted by molar-refractivity contribution is 5.95. The average Bonchev–Trinajstić information content (AvgIpc) is 3.03. The molecular formula is C14H19NO. The highest BCUT2D eigenvalue weighted by Crippen LogP contribution is 2.33. The van der Waals surface area contributed by atoms with Crippen LogP contribution < -0.4 is 5.32 Å². The second-order valence-electron chi connectivity index (χ2n) is 4.96. The quantitative estimate of drug-likeness (QED) is 0.825. The normalized spacial score (nSPS) is 15.2. The third-order valence-corrected chi connectivity index (χ3v) is 3.12. The molecule has 0 unspecified atom stereocenters. The van der Waals surface area contributed by atoms with E-state index in [4.69, 9.17) is 0 Å². The van der Waals surface area contributed by atoms with E-state index in [1.54, 1.807) is 0 Å². The van der Waals surface area contributed by atoms with Crippen LogP contribution in [0.5, 0.6) is 0 Å². The summed E-state index contributed by atoms with van der Waals surface area (Å²) in [6.45, 7) is 6.36. The number of amides is 1. The molecule has 0 aromatic heterocycles. The van der Waals surface area contributed by atoms with Crippen LogP contribution in [0.25, 0.3) is 0 Å². The summed E-state index contributed by atoms with van der Waals surface area (Å²) in [4.78, 5) is 11.8. The zero-order chi connectivity index (χ0) is 11.7. The van der Waals surface area contributed by atoms with Crippen LogP contribution in [0.2, 0.25) is 0 Å². The second-order valence-corrected chi connectivity index (χ2v) is 4.96. The highest BCUT2D eigenvalue weighted by atomic mass is 16.2. The van der Waals surface area contributed by atoms with E-state index in [-0.39, 0.29) is 11.8 Å². The minimum Gasteiger partial charge on any atom is -0.325 e. The molecule has 1 fully saturated rings. The summed E-state index contributed by atoms with van der Waals surface area (Å²) in [5.74, 6) is 0.894. The topological polar surface area (TPSA) is 29.1 Å². The molecule has 1 aromatic rings. The lowest BCUT2D eigenvalue weighted by Crippen LogP contribution is -2.16. The van der Waals surface area contributed by atoms with Gasteiger partial charge in [0.05, 0.1) is 0 Å². The monoisotopic (exact) mass is 217 g/mol. The van der Waals surface area contributed by atoms with Crippen LogP contribution in [0.1, 0.15) is 43.7 Å². The Labute approximate surface area is 97.1 Å². The van der Waals surface area contributed by atoms with Crippen LogP contribution in [0.4, 0.5) is 5.69 Å². The van der Waals surface area contributed by atoms with E-state index < -0.39 is 0 Å². The molecule has 0 aliphatic heterocycles. The maximum absolute atomic E-state index is 11.8. The zero-order valence-electron chi connectivity index (χ0n) is 10.2. The summed E-state index contributed by atoms with van der Waals surface area (Å²) in [7, 11) is 0. The Morgan fingerprint density at radius 3 is 2.62 bits per heavy atom. The maximum Gasteiger partial charge on any atom is 0.227 e. The Morgan fingerprint density at radius 2 is 2.06 bits per heavy atom. The van der Waals surface area contributed by atoms with Gasteiger partial charge in [-0.15, -0.1) is 0 Å². The van der Waals surface area contributed by atoms with Crippen LogP contribution >= 0.6 is 0 Å². The molecule has 2 nitrogen and oxygen atoms in total. The van der Waals surface area contributed by atoms with E-state index in [1.165, 1.54) is 5.56 Å². The molecule has 1 amide bonds. The summed E-state index contributed by atoms with van der Waals surface area (Å²) in [6.07, 6.45) is 2.10. The van der Waals surface area contributed by atoms with Crippen molar-refractivity contribution < 1.29 is 4.79 Å². The predicted octanol–water partition coefficient (Wildman–Crippen LogP) is 3.47. The number of rotatable bonds is 3. The number of para-hydroxylation sites is 1. The van der Waals surface area contributed by atoms with Gasteiger partial charge in [0.2, 0.25) is 5.91 Å². The Morgan fingerprint density at radius 1 is 1.38 bits per heavy atom. The fourth-order valence-electron chi connectivity index (χ4n) is 1.91. The molecule has 0 bridgehead atoms. The minimum absolute atomic E-state index is 0.191. The first-order valence-corrected chi connectivity index (χ1v) is 6.00. The number of hydrogen-bond donors (Lipinski definition) is 1. The number of hydrogen-bond acceptors (Lipinski definition) is 1. The van der Waals surface area contributed by atoms with Crippen molar-refractivity contribution in [2.75, 3.05) is 5.32 Å². The molecule has 2 rings (SSSR count). The number of aryl methyl sites for hydroxylation is 1. The standard InChI is InChI=1S/C14H19NO/c1-9(2)12-6-4-5-10(3)13(12)15-14(16)11-7-8-11/h4-6,9,11H,7-8H2,1-3H3,(H,15,16). The van der Waals surface area contributed by atoms with E-state index in [0.717, 1.165) is 24.1 Å². The molecule has 0 radical (unpaired) electrons. The fourth-order valence-corrected chi connectivity index (χ4v) is 1.91. The van der Waals surface area contributed by atoms with E-state index in [1.807, 2.05) is 13.0 Å². The second kappa shape index (κ2) is 4.28. The molecule has 0 heterocycles. The van der Waals surface area contributed by atoms with Gasteiger partial charge < -0.3 is 5.32 Å². The molecule has 86 valence electrons. The SMILES string of the molecule is Cc1cccc(C(C)C)c1NC(=O)C1CC1. The van der Waals surface area contributed by atoms with Crippen LogP contribution in [-0.2, 0) is 4.79 Å². The van der Waals surface area contributed by atoms with E-state index in [2.05, 4.69) is 31.3 Å². The fraction of sp³-hybridized carbons (Fsp3) is 0.500. The summed E-state index contributed by atoms with van der Waals surface area (Å²) < 4.78 is 0. The van der Waals surface area contributed by atoms with Crippen molar-refractivity contribution in [2.45, 2.75) is 39.5 Å². The van der Waals surface area contributed by atoms with Crippen molar-refractivity contribution in [3.05, 3.63) is 29.3 Å². The van der Waals surface area contributed by atoms with E-state index in [9.17, 15) is 4.79 Å². The van der Waals surface area contributed by atoms with Gasteiger partial charge in [0, 0.05) is 11.6 Å². The van der Waals surface area contributed by atoms with Crippen LogP contribution in [-0.4, -0.2) is 5.91 Å². The summed E-state index contributed by atoms with van der Waals surface area (Å²) in [5.41, 5.74) is 3.41. The zero-order valence-corrected chi connectivity index (χ0v) is 10.2. The summed E-state index contributed by atoms with van der Waals surface area (Å²) >= 11 is 0. The van der Waals surface area contributed by atoms with Crippen LogP contribution in [0, 0.1) is 12.8 Å². The largest absolute Gasteiger partial charge is 0.325 e. The lowest BCUT2D eigenvalue weighted by Gasteiger charge is -2.16. The lowest BCUT2D eigenvalue weighted by molar-refractivity contribution is -0.117. The molecule has 0 spiro atoms. The highest BCUT2D eigenvalue weighted by Gasteiger charge is 2.30. The minimum atomic E-state index is 0.191. The van der Waals surface area contributed by atoms with Gasteiger partial charge in [-0.25, -0.2) is 0 Å². The number of benzene rings is 1. The van der Waals surface area contributed by atoms with Crippen LogP contribution in [0.3, 0.4) is 0 Å². The van der Waals surface area contributed by atoms with Gasteiger partial charge in [0.25, 0.3) is 0 Å². The summed E-state index contributed by atoms with van der Waals surface area (Å²) in [6, 6.07) is 6.20. The van der Waals surface area contributed by atoms with Gasteiger partial charge in [0.15, 0.2) is 0 Å². The first kappa shape index (κ1) is 11.2. The molecular weight excluding hydrogens is 198 g/mol. The third-order valence-electron chi connectivity index (χ3n) is 3.12. The third kappa shape index (κ3) is 2.26. The van der Waals surface area contributed by atoms with Gasteiger partial charge in [-0.3, -0.25) is 4.79 Å². The number of anilines is 1. The first-order chi connectivity index (χ1) is 7.59. The molecule has 0 atom stereocenters. The number of carbonyl (C=O) groups excluding carboxylic acids is 1. The predicted molar refractivity (Wildman–Crippen MR) is 66.6 cm³/mol. The van der Waals surface area contributed by atoms with Crippen molar-refractivity contribution in [2.24, 2.45) is 5.92 Å². The molecule has 0 saturated heterocycles. The van der Waals surface area contributed by atoms with Gasteiger partial charge in [-0.2, -0.15) is 0 Å². The van der Waals surface area contributed by atoms with E-state index in [0.29, 0.717) is 5.92 Å². The van der Waals surface area contributed by atoms with Crippen molar-refractivity contribution >= 4 is 11.6 Å². The van der Waals surface area contributed by atoms with Gasteiger partial charge in [-0.05, 0) is 36.8 Å². The number of carbonyl (C=O) groups is 1. The maximum atomic E-state index is 11.8. The van der Waals surface area contributed by atoms with Gasteiger partial charge >= 0.3 is 0 Å². The molecule has 1 aromatic carbocycles. The van der Waals surface area contributed by atoms with Crippen molar-refractivity contribution in [3.8, 4) is 0 Å². The Balaban J connectivity index is 2.26. The van der Waals surface area contributed by atoms with Gasteiger partial charge in [0.1, 0.15) is 0 Å². The Hall–Kier alpha value is -1.31. The molecule has 1 aliphatic rings. The first-order valence-electron chi connectivity index (χ1n) is 6.00. The van der Waals surface area contributed by atoms with Gasteiger partial charge in [-0.1, -0.05) is 32.0 Å². The van der Waals surface area contributed by atoms with Crippen molar-refractivity contribution in [3.63, 3.8) is 0 Å². The lowest BCUT2D eigenvalue weighted by atomic mass is 9.98. The van der Waals surface area contributed by atoms with Crippen LogP contribution in [0.15, 0.2) is 18.2 Å². The molecule has 1 saturated carbocycles. The van der Waals surface area contributed by atoms with Crippen molar-refractivity contribution in [1.82, 2.24) is 0 Å². The molecule has 1 aliphatic carbocycles. The molecule has 2 heteroatoms.